The van der Waals surface area contributed by atoms with Crippen LogP contribution in [0.2, 0.25) is 0 Å². The molecule has 0 spiro atoms. The van der Waals surface area contributed by atoms with Crippen molar-refractivity contribution in [2.75, 3.05) is 18.0 Å². The highest BCUT2D eigenvalue weighted by molar-refractivity contribution is 7.71. The lowest BCUT2D eigenvalue weighted by molar-refractivity contribution is 0.402. The first-order valence-corrected chi connectivity index (χ1v) is 7.43. The van der Waals surface area contributed by atoms with E-state index in [-0.39, 0.29) is 0 Å². The molecule has 1 N–H and O–H groups in total. The first-order valence-electron chi connectivity index (χ1n) is 7.02. The predicted molar refractivity (Wildman–Crippen MR) is 82.3 cm³/mol. The highest BCUT2D eigenvalue weighted by atomic mass is 32.1. The zero-order chi connectivity index (χ0) is 13.8. The molecule has 0 saturated carbocycles. The van der Waals surface area contributed by atoms with E-state index in [1.165, 1.54) is 24.8 Å². The Morgan fingerprint density at radius 1 is 1.20 bits per heavy atom. The van der Waals surface area contributed by atoms with Gasteiger partial charge in [-0.3, -0.25) is 5.10 Å². The molecule has 1 aromatic heterocycles. The van der Waals surface area contributed by atoms with Gasteiger partial charge in [-0.05, 0) is 43.0 Å². The summed E-state index contributed by atoms with van der Waals surface area (Å²) in [7, 11) is 0. The first-order chi connectivity index (χ1) is 9.81. The van der Waals surface area contributed by atoms with Crippen LogP contribution in [0.3, 0.4) is 0 Å². The lowest BCUT2D eigenvalue weighted by atomic mass is 9.90. The molecule has 3 rings (SSSR count). The average Bonchev–Trinajstić information content (AvgIpc) is 2.49. The number of rotatable bonds is 3. The van der Waals surface area contributed by atoms with Crippen molar-refractivity contribution in [2.45, 2.75) is 19.3 Å². The zero-order valence-electron chi connectivity index (χ0n) is 11.3. The van der Waals surface area contributed by atoms with Crippen LogP contribution in [-0.4, -0.2) is 28.3 Å². The molecule has 0 amide bonds. The maximum atomic E-state index is 5.02. The molecule has 0 unspecified atom stereocenters. The Balaban J connectivity index is 1.58. The van der Waals surface area contributed by atoms with Gasteiger partial charge < -0.3 is 4.90 Å². The van der Waals surface area contributed by atoms with Gasteiger partial charge >= 0.3 is 0 Å². The van der Waals surface area contributed by atoms with Gasteiger partial charge in [0.1, 0.15) is 0 Å². The third-order valence-corrected chi connectivity index (χ3v) is 4.04. The van der Waals surface area contributed by atoms with Crippen LogP contribution in [0.1, 0.15) is 18.4 Å². The van der Waals surface area contributed by atoms with Gasteiger partial charge in [0, 0.05) is 13.1 Å². The van der Waals surface area contributed by atoms with E-state index in [0.717, 1.165) is 24.8 Å². The van der Waals surface area contributed by atoms with Gasteiger partial charge in [-0.1, -0.05) is 30.3 Å². The minimum absolute atomic E-state index is 0.453. The highest BCUT2D eigenvalue weighted by Crippen LogP contribution is 2.24. The molecule has 0 radical (unpaired) electrons. The van der Waals surface area contributed by atoms with Gasteiger partial charge in [-0.15, -0.1) is 0 Å². The third kappa shape index (κ3) is 3.22. The topological polar surface area (TPSA) is 44.8 Å². The molecule has 104 valence electrons. The molecule has 1 saturated heterocycles. The second kappa shape index (κ2) is 6.13. The van der Waals surface area contributed by atoms with Crippen LogP contribution >= 0.6 is 12.2 Å². The van der Waals surface area contributed by atoms with Crippen molar-refractivity contribution in [3.05, 3.63) is 46.9 Å². The van der Waals surface area contributed by atoms with Crippen molar-refractivity contribution < 1.29 is 0 Å². The Bertz CT molecular complexity index is 603. The normalized spacial score (nSPS) is 16.3. The van der Waals surface area contributed by atoms with E-state index in [9.17, 15) is 0 Å². The molecule has 2 aromatic rings. The molecule has 2 heterocycles. The Morgan fingerprint density at radius 2 is 1.95 bits per heavy atom. The van der Waals surface area contributed by atoms with E-state index < -0.39 is 0 Å². The van der Waals surface area contributed by atoms with Crippen LogP contribution in [0.15, 0.2) is 36.5 Å². The van der Waals surface area contributed by atoms with E-state index in [1.807, 2.05) is 0 Å². The number of hydrogen-bond donors (Lipinski definition) is 1. The van der Waals surface area contributed by atoms with Crippen LogP contribution in [0.5, 0.6) is 0 Å². The summed E-state index contributed by atoms with van der Waals surface area (Å²) in [5.74, 6) is 1.66. The van der Waals surface area contributed by atoms with Gasteiger partial charge in [0.2, 0.25) is 4.77 Å². The molecule has 5 heteroatoms. The minimum atomic E-state index is 0.453. The molecule has 1 fully saturated rings. The fourth-order valence-electron chi connectivity index (χ4n) is 2.77. The lowest BCUT2D eigenvalue weighted by Gasteiger charge is -2.32. The summed E-state index contributed by atoms with van der Waals surface area (Å²) in [4.78, 5) is 6.60. The quantitative estimate of drug-likeness (QED) is 0.881. The van der Waals surface area contributed by atoms with Crippen molar-refractivity contribution in [2.24, 2.45) is 5.92 Å². The molecule has 1 aliphatic rings. The molecular formula is C15H18N4S. The first kappa shape index (κ1) is 13.2. The van der Waals surface area contributed by atoms with E-state index in [2.05, 4.69) is 50.4 Å². The molecule has 0 bridgehead atoms. The van der Waals surface area contributed by atoms with Crippen molar-refractivity contribution in [3.8, 4) is 0 Å². The van der Waals surface area contributed by atoms with Crippen molar-refractivity contribution in [3.63, 3.8) is 0 Å². The molecule has 1 aliphatic heterocycles. The molecule has 1 aromatic carbocycles. The Labute approximate surface area is 123 Å². The van der Waals surface area contributed by atoms with Crippen LogP contribution in [0, 0.1) is 10.7 Å². The molecule has 0 atom stereocenters. The number of aromatic amines is 1. The largest absolute Gasteiger partial charge is 0.355 e. The second-order valence-electron chi connectivity index (χ2n) is 5.27. The Morgan fingerprint density at radius 3 is 2.65 bits per heavy atom. The number of anilines is 1. The van der Waals surface area contributed by atoms with Gasteiger partial charge in [0.15, 0.2) is 5.82 Å². The van der Waals surface area contributed by atoms with Gasteiger partial charge in [0.05, 0.1) is 6.20 Å². The number of piperidine rings is 1. The number of hydrogen-bond acceptors (Lipinski definition) is 4. The van der Waals surface area contributed by atoms with E-state index in [1.54, 1.807) is 6.20 Å². The summed E-state index contributed by atoms with van der Waals surface area (Å²) in [6.07, 6.45) is 5.33. The number of aromatic nitrogens is 3. The van der Waals surface area contributed by atoms with Crippen LogP contribution in [0.4, 0.5) is 5.82 Å². The average molecular weight is 286 g/mol. The summed E-state index contributed by atoms with van der Waals surface area (Å²) in [6, 6.07) is 10.7. The maximum absolute atomic E-state index is 5.02. The summed E-state index contributed by atoms with van der Waals surface area (Å²) < 4.78 is 0.453. The Hall–Kier alpha value is -1.75. The fraction of sp³-hybridized carbons (Fsp3) is 0.400. The van der Waals surface area contributed by atoms with Gasteiger partial charge in [0.25, 0.3) is 0 Å². The lowest BCUT2D eigenvalue weighted by Crippen LogP contribution is -2.35. The standard InChI is InChI=1S/C15H18N4S/c20-15-17-14(11-16-18-15)19-8-6-13(7-9-19)10-12-4-2-1-3-5-12/h1-5,11,13H,6-10H2,(H,17,18,20). The van der Waals surface area contributed by atoms with Crippen molar-refractivity contribution >= 4 is 18.0 Å². The van der Waals surface area contributed by atoms with Gasteiger partial charge in [-0.25, -0.2) is 0 Å². The SMILES string of the molecule is S=c1nc(N2CCC(Cc3ccccc3)CC2)cn[nH]1. The number of benzene rings is 1. The van der Waals surface area contributed by atoms with E-state index in [4.69, 9.17) is 12.2 Å². The predicted octanol–water partition coefficient (Wildman–Crippen LogP) is 2.99. The smallest absolute Gasteiger partial charge is 0.215 e. The number of H-pyrrole nitrogens is 1. The van der Waals surface area contributed by atoms with Crippen LogP contribution in [0.25, 0.3) is 0 Å². The van der Waals surface area contributed by atoms with Crippen molar-refractivity contribution in [1.29, 1.82) is 0 Å². The van der Waals surface area contributed by atoms with E-state index in [0.29, 0.717) is 4.77 Å². The van der Waals surface area contributed by atoms with Crippen LogP contribution < -0.4 is 4.90 Å². The summed E-state index contributed by atoms with van der Waals surface area (Å²) in [5.41, 5.74) is 1.44. The van der Waals surface area contributed by atoms with E-state index >= 15 is 0 Å². The number of nitrogens with one attached hydrogen (secondary N) is 1. The minimum Gasteiger partial charge on any atom is -0.355 e. The van der Waals surface area contributed by atoms with Crippen molar-refractivity contribution in [1.82, 2.24) is 15.2 Å². The highest BCUT2D eigenvalue weighted by Gasteiger charge is 2.20. The Kier molecular flexibility index (Phi) is 4.06. The summed E-state index contributed by atoms with van der Waals surface area (Å²) in [6.45, 7) is 2.07. The molecule has 20 heavy (non-hydrogen) atoms. The molecule has 4 nitrogen and oxygen atoms in total. The fourth-order valence-corrected chi connectivity index (χ4v) is 2.92. The summed E-state index contributed by atoms with van der Waals surface area (Å²) in [5, 5.41) is 6.69. The van der Waals surface area contributed by atoms with Crippen LogP contribution in [-0.2, 0) is 6.42 Å². The second-order valence-corrected chi connectivity index (χ2v) is 5.65. The summed E-state index contributed by atoms with van der Waals surface area (Å²) >= 11 is 5.02. The van der Waals surface area contributed by atoms with Gasteiger partial charge in [-0.2, -0.15) is 10.1 Å². The zero-order valence-corrected chi connectivity index (χ0v) is 12.1. The maximum Gasteiger partial charge on any atom is 0.215 e. The third-order valence-electron chi connectivity index (χ3n) is 3.86. The monoisotopic (exact) mass is 286 g/mol. The molecule has 0 aliphatic carbocycles. The molecular weight excluding hydrogens is 268 g/mol. The number of nitrogens with zero attached hydrogens (tertiary/aromatic N) is 3.